The molecular formula is C15H14N4O4. The third kappa shape index (κ3) is 3.73. The predicted octanol–water partition coefficient (Wildman–Crippen LogP) is 1.88. The van der Waals surface area contributed by atoms with Gasteiger partial charge in [-0.25, -0.2) is 0 Å². The largest absolute Gasteiger partial charge is 0.484 e. The first-order chi connectivity index (χ1) is 11.2. The van der Waals surface area contributed by atoms with Crippen LogP contribution in [-0.4, -0.2) is 21.2 Å². The Morgan fingerprint density at radius 3 is 2.83 bits per heavy atom. The van der Waals surface area contributed by atoms with Gasteiger partial charge in [-0.15, -0.1) is 0 Å². The minimum atomic E-state index is -0.310. The van der Waals surface area contributed by atoms with Crippen molar-refractivity contribution in [3.63, 3.8) is 0 Å². The van der Waals surface area contributed by atoms with Crippen LogP contribution in [0.2, 0.25) is 0 Å². The number of benzene rings is 1. The Labute approximate surface area is 131 Å². The van der Waals surface area contributed by atoms with Gasteiger partial charge >= 0.3 is 0 Å². The summed E-state index contributed by atoms with van der Waals surface area (Å²) in [7, 11) is 0. The first-order valence-electron chi connectivity index (χ1n) is 6.91. The van der Waals surface area contributed by atoms with Crippen molar-refractivity contribution in [1.82, 2.24) is 20.6 Å². The molecule has 0 fully saturated rings. The molecule has 0 saturated heterocycles. The van der Waals surface area contributed by atoms with Crippen molar-refractivity contribution in [2.24, 2.45) is 0 Å². The molecule has 1 aromatic carbocycles. The van der Waals surface area contributed by atoms with Gasteiger partial charge in [0.2, 0.25) is 0 Å². The minimum absolute atomic E-state index is 0.137. The van der Waals surface area contributed by atoms with Gasteiger partial charge in [0, 0.05) is 0 Å². The second kappa shape index (κ2) is 6.73. The summed E-state index contributed by atoms with van der Waals surface area (Å²) in [5.74, 6) is 1.55. The SMILES string of the molecule is Cc1oncc1C(=O)NCc1noc(COc2ccccc2)n1. The summed E-state index contributed by atoms with van der Waals surface area (Å²) < 4.78 is 15.4. The fraction of sp³-hybridized carbons (Fsp3) is 0.200. The number of carbonyl (C=O) groups excluding carboxylic acids is 1. The van der Waals surface area contributed by atoms with E-state index in [2.05, 4.69) is 20.6 Å². The van der Waals surface area contributed by atoms with E-state index in [1.807, 2.05) is 30.3 Å². The normalized spacial score (nSPS) is 10.5. The highest BCUT2D eigenvalue weighted by molar-refractivity contribution is 5.94. The lowest BCUT2D eigenvalue weighted by Gasteiger charge is -2.01. The molecule has 0 aliphatic carbocycles. The summed E-state index contributed by atoms with van der Waals surface area (Å²) in [4.78, 5) is 16.0. The number of aromatic nitrogens is 3. The van der Waals surface area contributed by atoms with Gasteiger partial charge in [-0.2, -0.15) is 4.98 Å². The Hall–Kier alpha value is -3.16. The Bertz CT molecular complexity index is 782. The van der Waals surface area contributed by atoms with E-state index in [9.17, 15) is 4.79 Å². The van der Waals surface area contributed by atoms with Crippen molar-refractivity contribution >= 4 is 5.91 Å². The van der Waals surface area contributed by atoms with E-state index in [4.69, 9.17) is 13.8 Å². The van der Waals surface area contributed by atoms with E-state index in [-0.39, 0.29) is 19.1 Å². The van der Waals surface area contributed by atoms with Crippen molar-refractivity contribution < 1.29 is 18.6 Å². The third-order valence-corrected chi connectivity index (χ3v) is 3.02. The topological polar surface area (TPSA) is 103 Å². The molecule has 0 spiro atoms. The Kier molecular flexibility index (Phi) is 4.32. The van der Waals surface area contributed by atoms with Gasteiger partial charge in [0.25, 0.3) is 11.8 Å². The van der Waals surface area contributed by atoms with Crippen LogP contribution in [-0.2, 0) is 13.2 Å². The van der Waals surface area contributed by atoms with Crippen LogP contribution in [0.5, 0.6) is 5.75 Å². The summed E-state index contributed by atoms with van der Waals surface area (Å²) in [5.41, 5.74) is 0.376. The summed E-state index contributed by atoms with van der Waals surface area (Å²) in [6.45, 7) is 1.96. The van der Waals surface area contributed by atoms with E-state index in [0.717, 1.165) is 0 Å². The average molecular weight is 314 g/mol. The van der Waals surface area contributed by atoms with E-state index in [1.54, 1.807) is 6.92 Å². The van der Waals surface area contributed by atoms with Crippen molar-refractivity contribution in [2.45, 2.75) is 20.1 Å². The maximum absolute atomic E-state index is 11.9. The van der Waals surface area contributed by atoms with Gasteiger partial charge in [0.05, 0.1) is 12.7 Å². The van der Waals surface area contributed by atoms with Gasteiger partial charge in [-0.1, -0.05) is 28.5 Å². The number of aryl methyl sites for hydroxylation is 1. The predicted molar refractivity (Wildman–Crippen MR) is 77.5 cm³/mol. The molecule has 0 saturated carbocycles. The minimum Gasteiger partial charge on any atom is -0.484 e. The molecule has 2 heterocycles. The Morgan fingerprint density at radius 1 is 1.26 bits per heavy atom. The van der Waals surface area contributed by atoms with Crippen molar-refractivity contribution in [3.8, 4) is 5.75 Å². The Balaban J connectivity index is 1.51. The van der Waals surface area contributed by atoms with E-state index >= 15 is 0 Å². The highest BCUT2D eigenvalue weighted by Crippen LogP contribution is 2.11. The molecular weight excluding hydrogens is 300 g/mol. The van der Waals surface area contributed by atoms with Gasteiger partial charge in [-0.3, -0.25) is 4.79 Å². The zero-order chi connectivity index (χ0) is 16.1. The molecule has 0 aliphatic rings. The lowest BCUT2D eigenvalue weighted by atomic mass is 10.2. The van der Waals surface area contributed by atoms with Gasteiger partial charge in [0.15, 0.2) is 12.4 Å². The van der Waals surface area contributed by atoms with E-state index in [0.29, 0.717) is 28.8 Å². The highest BCUT2D eigenvalue weighted by atomic mass is 16.5. The lowest BCUT2D eigenvalue weighted by Crippen LogP contribution is -2.23. The highest BCUT2D eigenvalue weighted by Gasteiger charge is 2.14. The van der Waals surface area contributed by atoms with Crippen LogP contribution in [0.1, 0.15) is 27.8 Å². The van der Waals surface area contributed by atoms with Gasteiger partial charge < -0.3 is 19.1 Å². The number of hydrogen-bond acceptors (Lipinski definition) is 7. The monoisotopic (exact) mass is 314 g/mol. The number of carbonyl (C=O) groups is 1. The second-order valence-corrected chi connectivity index (χ2v) is 4.68. The quantitative estimate of drug-likeness (QED) is 0.740. The van der Waals surface area contributed by atoms with Crippen LogP contribution >= 0.6 is 0 Å². The summed E-state index contributed by atoms with van der Waals surface area (Å²) in [6.07, 6.45) is 1.36. The number of rotatable bonds is 6. The number of nitrogens with zero attached hydrogens (tertiary/aromatic N) is 3. The zero-order valence-electron chi connectivity index (χ0n) is 12.4. The average Bonchev–Trinajstić information content (AvgIpc) is 3.20. The van der Waals surface area contributed by atoms with E-state index in [1.165, 1.54) is 6.20 Å². The molecule has 0 radical (unpaired) electrons. The molecule has 3 rings (SSSR count). The third-order valence-electron chi connectivity index (χ3n) is 3.02. The van der Waals surface area contributed by atoms with Crippen molar-refractivity contribution in [3.05, 3.63) is 59.6 Å². The van der Waals surface area contributed by atoms with Crippen LogP contribution in [0, 0.1) is 6.92 Å². The number of hydrogen-bond donors (Lipinski definition) is 1. The first kappa shape index (κ1) is 14.8. The maximum Gasteiger partial charge on any atom is 0.264 e. The smallest absolute Gasteiger partial charge is 0.264 e. The van der Waals surface area contributed by atoms with Gasteiger partial charge in [0.1, 0.15) is 17.1 Å². The van der Waals surface area contributed by atoms with Gasteiger partial charge in [-0.05, 0) is 19.1 Å². The molecule has 0 bridgehead atoms. The zero-order valence-corrected chi connectivity index (χ0v) is 12.4. The van der Waals surface area contributed by atoms with Crippen LogP contribution in [0.4, 0.5) is 0 Å². The molecule has 0 unspecified atom stereocenters. The number of para-hydroxylation sites is 1. The fourth-order valence-electron chi connectivity index (χ4n) is 1.85. The van der Waals surface area contributed by atoms with Crippen LogP contribution in [0.3, 0.4) is 0 Å². The summed E-state index contributed by atoms with van der Waals surface area (Å²) in [6, 6.07) is 9.31. The van der Waals surface area contributed by atoms with Crippen LogP contribution in [0.15, 0.2) is 45.6 Å². The summed E-state index contributed by atoms with van der Waals surface area (Å²) >= 11 is 0. The standard InChI is InChI=1S/C15H14N4O4/c1-10-12(7-17-22-10)15(20)16-8-13-18-14(23-19-13)9-21-11-5-3-2-4-6-11/h2-7H,8-9H2,1H3,(H,16,20). The fourth-order valence-corrected chi connectivity index (χ4v) is 1.85. The van der Waals surface area contributed by atoms with Crippen LogP contribution in [0.25, 0.3) is 0 Å². The molecule has 1 N–H and O–H groups in total. The maximum atomic E-state index is 11.9. The summed E-state index contributed by atoms with van der Waals surface area (Å²) in [5, 5.41) is 10.0. The molecule has 23 heavy (non-hydrogen) atoms. The molecule has 2 aromatic heterocycles. The molecule has 8 nitrogen and oxygen atoms in total. The molecule has 3 aromatic rings. The number of ether oxygens (including phenoxy) is 1. The molecule has 8 heteroatoms. The number of nitrogens with one attached hydrogen (secondary N) is 1. The molecule has 0 aliphatic heterocycles. The first-order valence-corrected chi connectivity index (χ1v) is 6.91. The second-order valence-electron chi connectivity index (χ2n) is 4.68. The Morgan fingerprint density at radius 2 is 2.09 bits per heavy atom. The van der Waals surface area contributed by atoms with Crippen molar-refractivity contribution in [2.75, 3.05) is 0 Å². The molecule has 118 valence electrons. The van der Waals surface area contributed by atoms with Crippen LogP contribution < -0.4 is 10.1 Å². The molecule has 1 amide bonds. The number of amides is 1. The molecule has 0 atom stereocenters. The lowest BCUT2D eigenvalue weighted by molar-refractivity contribution is 0.0948. The van der Waals surface area contributed by atoms with Crippen molar-refractivity contribution in [1.29, 1.82) is 0 Å². The van der Waals surface area contributed by atoms with E-state index < -0.39 is 0 Å².